The maximum Gasteiger partial charge on any atom is 0.209 e. The number of fused-ring (bicyclic) bond motifs is 1. The van der Waals surface area contributed by atoms with Crippen molar-refractivity contribution in [3.8, 4) is 0 Å². The summed E-state index contributed by atoms with van der Waals surface area (Å²) in [6, 6.07) is 8.73. The Kier molecular flexibility index (Phi) is 5.64. The molecule has 1 aromatic rings. The number of nitrogens with zero attached hydrogens (tertiary/aromatic N) is 1. The van der Waals surface area contributed by atoms with E-state index >= 15 is 0 Å². The van der Waals surface area contributed by atoms with Crippen molar-refractivity contribution >= 4 is 23.2 Å². The van der Waals surface area contributed by atoms with Crippen LogP contribution in [0.3, 0.4) is 0 Å². The molecule has 0 amide bonds. The number of para-hydroxylation sites is 1. The molecule has 29 heavy (non-hydrogen) atoms. The van der Waals surface area contributed by atoms with Crippen molar-refractivity contribution in [2.24, 2.45) is 10.8 Å². The lowest BCUT2D eigenvalue weighted by Gasteiger charge is -2.30. The van der Waals surface area contributed by atoms with Crippen LogP contribution in [0.25, 0.3) is 0 Å². The van der Waals surface area contributed by atoms with Gasteiger partial charge in [0.2, 0.25) is 5.69 Å². The van der Waals surface area contributed by atoms with Gasteiger partial charge < -0.3 is 0 Å². The maximum atomic E-state index is 2.39. The summed E-state index contributed by atoms with van der Waals surface area (Å²) in [5.41, 5.74) is 5.76. The molecule has 0 fully saturated rings. The van der Waals surface area contributed by atoms with Gasteiger partial charge in [-0.15, -0.1) is 0 Å². The van der Waals surface area contributed by atoms with Crippen molar-refractivity contribution in [3.05, 3.63) is 75.6 Å². The van der Waals surface area contributed by atoms with Crippen molar-refractivity contribution in [3.63, 3.8) is 0 Å². The Morgan fingerprint density at radius 1 is 0.931 bits per heavy atom. The Labute approximate surface area is 182 Å². The topological polar surface area (TPSA) is 3.01 Å². The van der Waals surface area contributed by atoms with E-state index in [2.05, 4.69) is 122 Å². The first-order valence-electron chi connectivity index (χ1n) is 10.5. The zero-order valence-electron chi connectivity index (χ0n) is 19.6. The van der Waals surface area contributed by atoms with Gasteiger partial charge in [-0.3, -0.25) is 0 Å². The smallest absolute Gasteiger partial charge is 0.198 e. The number of benzene rings is 1. The molecular weight excluding hydrogens is 370 g/mol. The first-order chi connectivity index (χ1) is 13.3. The second-order valence-electron chi connectivity index (χ2n) is 10.7. The second-order valence-corrected chi connectivity index (χ2v) is 11.8. The molecule has 0 bridgehead atoms. The molecule has 1 aromatic carbocycles. The number of allylic oxidation sites excluding steroid dienone is 7. The predicted octanol–water partition coefficient (Wildman–Crippen LogP) is 7.78. The van der Waals surface area contributed by atoms with E-state index in [0.29, 0.717) is 0 Å². The third kappa shape index (κ3) is 4.38. The van der Waals surface area contributed by atoms with Crippen LogP contribution >= 0.6 is 11.8 Å². The quantitative estimate of drug-likeness (QED) is 0.453. The normalized spacial score (nSPS) is 20.9. The minimum Gasteiger partial charge on any atom is -0.198 e. The first-order valence-corrected chi connectivity index (χ1v) is 11.3. The van der Waals surface area contributed by atoms with Crippen molar-refractivity contribution in [1.82, 2.24) is 0 Å². The third-order valence-electron chi connectivity index (χ3n) is 5.87. The van der Waals surface area contributed by atoms with E-state index in [4.69, 9.17) is 0 Å². The minimum atomic E-state index is 0.0168. The van der Waals surface area contributed by atoms with E-state index in [1.54, 1.807) is 0 Å². The lowest BCUT2D eigenvalue weighted by molar-refractivity contribution is -0.401. The lowest BCUT2D eigenvalue weighted by Crippen LogP contribution is -2.26. The van der Waals surface area contributed by atoms with Gasteiger partial charge in [0.05, 0.1) is 5.41 Å². The van der Waals surface area contributed by atoms with E-state index in [0.717, 1.165) is 0 Å². The van der Waals surface area contributed by atoms with Crippen LogP contribution in [-0.2, 0) is 5.41 Å². The molecule has 0 unspecified atom stereocenters. The average Bonchev–Trinajstić information content (AvgIpc) is 2.81. The molecule has 0 aromatic heterocycles. The van der Waals surface area contributed by atoms with Gasteiger partial charge in [-0.05, 0) is 53.4 Å². The average molecular weight is 407 g/mol. The molecule has 0 N–H and O–H groups in total. The van der Waals surface area contributed by atoms with Gasteiger partial charge in [0.1, 0.15) is 7.05 Å². The fourth-order valence-corrected chi connectivity index (χ4v) is 5.02. The Bertz CT molecular complexity index is 967. The first kappa shape index (κ1) is 21.9. The molecule has 0 saturated carbocycles. The maximum absolute atomic E-state index is 2.39. The lowest BCUT2D eigenvalue weighted by atomic mass is 9.81. The molecule has 2 heteroatoms. The molecule has 0 aliphatic carbocycles. The summed E-state index contributed by atoms with van der Waals surface area (Å²) in [6.07, 6.45) is 11.5. The van der Waals surface area contributed by atoms with Crippen molar-refractivity contribution in [2.45, 2.75) is 60.8 Å². The van der Waals surface area contributed by atoms with Gasteiger partial charge in [0, 0.05) is 22.6 Å². The van der Waals surface area contributed by atoms with E-state index in [9.17, 15) is 0 Å². The van der Waals surface area contributed by atoms with Gasteiger partial charge in [0.15, 0.2) is 5.71 Å². The van der Waals surface area contributed by atoms with Crippen LogP contribution in [0.4, 0.5) is 5.69 Å². The molecule has 154 valence electrons. The number of rotatable bonds is 2. The van der Waals surface area contributed by atoms with Crippen LogP contribution in [-0.4, -0.2) is 17.3 Å². The highest BCUT2D eigenvalue weighted by atomic mass is 32.2. The molecule has 2 heterocycles. The summed E-state index contributed by atoms with van der Waals surface area (Å²) in [4.78, 5) is 2.75. The zero-order valence-corrected chi connectivity index (χ0v) is 20.4. The van der Waals surface area contributed by atoms with Gasteiger partial charge in [-0.2, -0.15) is 4.58 Å². The summed E-state index contributed by atoms with van der Waals surface area (Å²) >= 11 is 1.90. The van der Waals surface area contributed by atoms with Crippen molar-refractivity contribution < 1.29 is 4.58 Å². The Hall–Kier alpha value is -1.80. The van der Waals surface area contributed by atoms with Crippen LogP contribution < -0.4 is 0 Å². The summed E-state index contributed by atoms with van der Waals surface area (Å²) in [7, 11) is 2.17. The highest BCUT2D eigenvalue weighted by Crippen LogP contribution is 2.46. The molecule has 0 spiro atoms. The number of hydrogen-bond donors (Lipinski definition) is 0. The number of thioether (sulfide) groups is 1. The van der Waals surface area contributed by atoms with Crippen LogP contribution in [0.1, 0.15) is 61.0 Å². The highest BCUT2D eigenvalue weighted by Gasteiger charge is 2.42. The molecule has 1 nitrogen and oxygen atoms in total. The van der Waals surface area contributed by atoms with Gasteiger partial charge in [-0.1, -0.05) is 77.6 Å². The monoisotopic (exact) mass is 406 g/mol. The predicted molar refractivity (Wildman–Crippen MR) is 130 cm³/mol. The van der Waals surface area contributed by atoms with E-state index in [1.165, 1.54) is 32.3 Å². The molecule has 0 atom stereocenters. The van der Waals surface area contributed by atoms with Gasteiger partial charge in [-0.25, -0.2) is 0 Å². The summed E-state index contributed by atoms with van der Waals surface area (Å²) < 4.78 is 2.33. The summed E-state index contributed by atoms with van der Waals surface area (Å²) in [6.45, 7) is 18.4. The van der Waals surface area contributed by atoms with Gasteiger partial charge >= 0.3 is 0 Å². The third-order valence-corrected chi connectivity index (χ3v) is 7.31. The fraction of sp³-hybridized carbons (Fsp3) is 0.444. The zero-order chi connectivity index (χ0) is 21.6. The van der Waals surface area contributed by atoms with E-state index in [-0.39, 0.29) is 16.2 Å². The van der Waals surface area contributed by atoms with Crippen LogP contribution in [0.2, 0.25) is 0 Å². The van der Waals surface area contributed by atoms with Crippen molar-refractivity contribution in [1.29, 1.82) is 0 Å². The summed E-state index contributed by atoms with van der Waals surface area (Å²) in [5.74, 6) is 0. The second kappa shape index (κ2) is 7.47. The SMILES string of the molecule is C[N+]1=C(/C=C/C=C2\C=C(C(C)(C)C)C=C(C(C)(C)C)S2)C(C)(C)c2ccccc21. The van der Waals surface area contributed by atoms with Crippen molar-refractivity contribution in [2.75, 3.05) is 7.05 Å². The molecular formula is C27H36NS+. The molecule has 3 rings (SSSR count). The van der Waals surface area contributed by atoms with E-state index < -0.39 is 0 Å². The molecule has 0 saturated heterocycles. The minimum absolute atomic E-state index is 0.0168. The Morgan fingerprint density at radius 3 is 2.17 bits per heavy atom. The molecule has 2 aliphatic heterocycles. The molecule has 0 radical (unpaired) electrons. The highest BCUT2D eigenvalue weighted by molar-refractivity contribution is 8.07. The van der Waals surface area contributed by atoms with Gasteiger partial charge in [0.25, 0.3) is 0 Å². The standard InChI is InChI=1S/C27H36NS/c1-25(2,3)19-17-20(29-24(18-19)26(4,5)6)13-12-16-23-27(7,8)21-14-10-11-15-22(21)28(23)9/h10-18H,1-9H3/q+1/b16-12+,20-13+. The number of hydrogen-bond acceptors (Lipinski definition) is 1. The summed E-state index contributed by atoms with van der Waals surface area (Å²) in [5, 5.41) is 0. The fourth-order valence-electron chi connectivity index (χ4n) is 3.94. The Balaban J connectivity index is 1.94. The van der Waals surface area contributed by atoms with E-state index in [1.807, 2.05) is 11.8 Å². The largest absolute Gasteiger partial charge is 0.209 e. The Morgan fingerprint density at radius 2 is 1.59 bits per heavy atom. The van der Waals surface area contributed by atoms with Crippen LogP contribution in [0.15, 0.2) is 70.0 Å². The van der Waals surface area contributed by atoms with Crippen LogP contribution in [0, 0.1) is 10.8 Å². The molecule has 2 aliphatic rings. The van der Waals surface area contributed by atoms with Crippen LogP contribution in [0.5, 0.6) is 0 Å².